The van der Waals surface area contributed by atoms with E-state index in [1.54, 1.807) is 18.2 Å². The fourth-order valence-electron chi connectivity index (χ4n) is 1.21. The lowest BCUT2D eigenvalue weighted by Crippen LogP contribution is -2.31. The van der Waals surface area contributed by atoms with Crippen molar-refractivity contribution >= 4 is 25.2 Å². The van der Waals surface area contributed by atoms with Crippen LogP contribution in [0.25, 0.3) is 6.08 Å². The van der Waals surface area contributed by atoms with Gasteiger partial charge >= 0.3 is 0 Å². The first-order valence-electron chi connectivity index (χ1n) is 5.28. The predicted octanol–water partition coefficient (Wildman–Crippen LogP) is 3.05. The number of carbonyl (C=O) groups excluding carboxylic acids is 1. The molecule has 0 atom stereocenters. The van der Waals surface area contributed by atoms with Gasteiger partial charge < -0.3 is 4.79 Å². The van der Waals surface area contributed by atoms with Gasteiger partial charge in [0.25, 0.3) is 5.69 Å². The lowest BCUT2D eigenvalue weighted by Gasteiger charge is -2.09. The summed E-state index contributed by atoms with van der Waals surface area (Å²) in [5.74, 6) is 0. The second-order valence-corrected chi connectivity index (χ2v) is 9.76. The van der Waals surface area contributed by atoms with Gasteiger partial charge in [-0.2, -0.15) is 0 Å². The standard InChI is InChI=1S/C12H15NO3Si/c1-17(2,3)12(14)9-8-10-6-4-5-7-11(10)13(15)16/h4-9H,1-3H3. The third-order valence-electron chi connectivity index (χ3n) is 2.29. The molecule has 0 unspecified atom stereocenters. The molecule has 1 aromatic carbocycles. The summed E-state index contributed by atoms with van der Waals surface area (Å²) < 4.78 is 0. The van der Waals surface area contributed by atoms with Gasteiger partial charge in [-0.25, -0.2) is 0 Å². The van der Waals surface area contributed by atoms with Crippen molar-refractivity contribution in [2.75, 3.05) is 0 Å². The molecule has 0 bridgehead atoms. The number of nitro benzene ring substituents is 1. The van der Waals surface area contributed by atoms with Gasteiger partial charge in [0, 0.05) is 6.07 Å². The van der Waals surface area contributed by atoms with E-state index in [-0.39, 0.29) is 11.1 Å². The van der Waals surface area contributed by atoms with Gasteiger partial charge in [-0.1, -0.05) is 31.8 Å². The average Bonchev–Trinajstić information content (AvgIpc) is 2.24. The number of nitrogens with zero attached hydrogens (tertiary/aromatic N) is 1. The zero-order valence-electron chi connectivity index (χ0n) is 10.1. The predicted molar refractivity (Wildman–Crippen MR) is 70.5 cm³/mol. The van der Waals surface area contributed by atoms with Gasteiger partial charge in [-0.05, 0) is 18.2 Å². The third-order valence-corrected chi connectivity index (χ3v) is 3.93. The zero-order valence-corrected chi connectivity index (χ0v) is 11.1. The van der Waals surface area contributed by atoms with Crippen LogP contribution in [0, 0.1) is 10.1 Å². The van der Waals surface area contributed by atoms with Crippen molar-refractivity contribution in [2.45, 2.75) is 19.6 Å². The maximum atomic E-state index is 11.7. The number of hydrogen-bond acceptors (Lipinski definition) is 3. The normalized spacial score (nSPS) is 11.7. The number of allylic oxidation sites excluding steroid dienone is 1. The minimum absolute atomic E-state index is 0.0205. The number of nitro groups is 1. The minimum Gasteiger partial charge on any atom is -0.301 e. The zero-order chi connectivity index (χ0) is 13.1. The fraction of sp³-hybridized carbons (Fsp3) is 0.250. The molecule has 0 fully saturated rings. The molecule has 0 radical (unpaired) electrons. The first-order chi connectivity index (χ1) is 7.82. The molecular weight excluding hydrogens is 234 g/mol. The topological polar surface area (TPSA) is 60.2 Å². The molecule has 4 nitrogen and oxygen atoms in total. The molecule has 90 valence electrons. The lowest BCUT2D eigenvalue weighted by molar-refractivity contribution is -0.385. The summed E-state index contributed by atoms with van der Waals surface area (Å²) in [5.41, 5.74) is 0.483. The van der Waals surface area contributed by atoms with E-state index >= 15 is 0 Å². The molecule has 0 heterocycles. The van der Waals surface area contributed by atoms with Crippen molar-refractivity contribution in [3.05, 3.63) is 46.0 Å². The third kappa shape index (κ3) is 3.63. The van der Waals surface area contributed by atoms with E-state index in [4.69, 9.17) is 0 Å². The number of rotatable bonds is 4. The van der Waals surface area contributed by atoms with Crippen LogP contribution in [0.15, 0.2) is 30.3 Å². The second kappa shape index (κ2) is 5.05. The van der Waals surface area contributed by atoms with Gasteiger partial charge in [0.1, 0.15) is 13.5 Å². The van der Waals surface area contributed by atoms with Crippen molar-refractivity contribution in [3.8, 4) is 0 Å². The monoisotopic (exact) mass is 249 g/mol. The quantitative estimate of drug-likeness (QED) is 0.356. The summed E-state index contributed by atoms with van der Waals surface area (Å²) in [4.78, 5) is 22.0. The first-order valence-corrected chi connectivity index (χ1v) is 8.78. The van der Waals surface area contributed by atoms with Gasteiger partial charge in [-0.3, -0.25) is 10.1 Å². The second-order valence-electron chi connectivity index (χ2n) is 4.76. The number of para-hydroxylation sites is 1. The maximum absolute atomic E-state index is 11.7. The summed E-state index contributed by atoms with van der Waals surface area (Å²) in [5, 5.41) is 10.8. The summed E-state index contributed by atoms with van der Waals surface area (Å²) in [6.45, 7) is 5.83. The highest BCUT2D eigenvalue weighted by atomic mass is 28.3. The molecule has 0 spiro atoms. The summed E-state index contributed by atoms with van der Waals surface area (Å²) >= 11 is 0. The molecule has 0 N–H and O–H groups in total. The van der Waals surface area contributed by atoms with E-state index in [1.807, 2.05) is 19.6 Å². The number of hydrogen-bond donors (Lipinski definition) is 0. The van der Waals surface area contributed by atoms with Crippen LogP contribution in [0.3, 0.4) is 0 Å². The molecule has 0 saturated carbocycles. The van der Waals surface area contributed by atoms with E-state index in [2.05, 4.69) is 0 Å². The van der Waals surface area contributed by atoms with E-state index < -0.39 is 13.0 Å². The minimum atomic E-state index is -1.85. The molecule has 0 aliphatic rings. The Morgan fingerprint density at radius 2 is 1.88 bits per heavy atom. The SMILES string of the molecule is C[Si](C)(C)C(=O)C=Cc1ccccc1[N+](=O)[O-]. The van der Waals surface area contributed by atoms with E-state index in [9.17, 15) is 14.9 Å². The van der Waals surface area contributed by atoms with Crippen LogP contribution >= 0.6 is 0 Å². The van der Waals surface area contributed by atoms with Gasteiger partial charge in [0.2, 0.25) is 0 Å². The van der Waals surface area contributed by atoms with E-state index in [1.165, 1.54) is 18.2 Å². The molecule has 1 aromatic rings. The maximum Gasteiger partial charge on any atom is 0.276 e. The highest BCUT2D eigenvalue weighted by Gasteiger charge is 2.21. The Kier molecular flexibility index (Phi) is 3.96. The van der Waals surface area contributed by atoms with Crippen molar-refractivity contribution < 1.29 is 9.72 Å². The highest BCUT2D eigenvalue weighted by Crippen LogP contribution is 2.19. The smallest absolute Gasteiger partial charge is 0.276 e. The molecule has 17 heavy (non-hydrogen) atoms. The largest absolute Gasteiger partial charge is 0.301 e. The molecule has 0 saturated heterocycles. The summed E-state index contributed by atoms with van der Waals surface area (Å²) in [6.07, 6.45) is 2.98. The van der Waals surface area contributed by atoms with Gasteiger partial charge in [-0.15, -0.1) is 0 Å². The van der Waals surface area contributed by atoms with E-state index in [0.717, 1.165) is 0 Å². The van der Waals surface area contributed by atoms with Crippen LogP contribution in [0.1, 0.15) is 5.56 Å². The number of carbonyl (C=O) groups is 1. The highest BCUT2D eigenvalue weighted by molar-refractivity contribution is 7.05. The molecular formula is C12H15NO3Si. The van der Waals surface area contributed by atoms with Crippen LogP contribution in [0.4, 0.5) is 5.69 Å². The van der Waals surface area contributed by atoms with Gasteiger partial charge in [0.15, 0.2) is 0 Å². The molecule has 1 rings (SSSR count). The van der Waals surface area contributed by atoms with Gasteiger partial charge in [0.05, 0.1) is 10.5 Å². The van der Waals surface area contributed by atoms with Crippen LogP contribution < -0.4 is 0 Å². The number of benzene rings is 1. The molecule has 0 aliphatic heterocycles. The first kappa shape index (κ1) is 13.3. The molecule has 0 amide bonds. The Bertz CT molecular complexity index is 475. The Balaban J connectivity index is 3.00. The van der Waals surface area contributed by atoms with Crippen LogP contribution in [0.2, 0.25) is 19.6 Å². The summed E-state index contributed by atoms with van der Waals surface area (Å²) in [7, 11) is -1.85. The van der Waals surface area contributed by atoms with Crippen LogP contribution in [0.5, 0.6) is 0 Å². The molecule has 5 heteroatoms. The van der Waals surface area contributed by atoms with Crippen molar-refractivity contribution in [3.63, 3.8) is 0 Å². The fourth-order valence-corrected chi connectivity index (χ4v) is 1.79. The average molecular weight is 249 g/mol. The molecule has 0 aliphatic carbocycles. The summed E-state index contributed by atoms with van der Waals surface area (Å²) in [6, 6.07) is 6.38. The Morgan fingerprint density at radius 3 is 2.41 bits per heavy atom. The lowest BCUT2D eigenvalue weighted by atomic mass is 10.2. The van der Waals surface area contributed by atoms with Crippen molar-refractivity contribution in [2.24, 2.45) is 0 Å². The van der Waals surface area contributed by atoms with Crippen molar-refractivity contribution in [1.29, 1.82) is 0 Å². The Morgan fingerprint density at radius 1 is 1.29 bits per heavy atom. The van der Waals surface area contributed by atoms with Crippen LogP contribution in [-0.4, -0.2) is 18.4 Å². The van der Waals surface area contributed by atoms with E-state index in [0.29, 0.717) is 5.56 Å². The van der Waals surface area contributed by atoms with Crippen LogP contribution in [-0.2, 0) is 4.79 Å². The Hall–Kier alpha value is -1.75. The Labute approximate surface area is 101 Å². The molecule has 0 aromatic heterocycles. The van der Waals surface area contributed by atoms with Crippen molar-refractivity contribution in [1.82, 2.24) is 0 Å².